The highest BCUT2D eigenvalue weighted by Gasteiger charge is 2.41. The Hall–Kier alpha value is -2.66. The van der Waals surface area contributed by atoms with Crippen molar-refractivity contribution in [3.63, 3.8) is 0 Å². The molecule has 0 atom stereocenters. The Morgan fingerprint density at radius 2 is 1.47 bits per heavy atom. The van der Waals surface area contributed by atoms with Gasteiger partial charge in [0.1, 0.15) is 0 Å². The molecule has 0 N–H and O–H groups in total. The molecule has 0 amide bonds. The van der Waals surface area contributed by atoms with Crippen molar-refractivity contribution in [3.05, 3.63) is 53.1 Å². The van der Waals surface area contributed by atoms with Crippen LogP contribution in [0.5, 0.6) is 5.75 Å². The van der Waals surface area contributed by atoms with Crippen molar-refractivity contribution in [2.75, 3.05) is 6.61 Å². The Bertz CT molecular complexity index is 1030. The van der Waals surface area contributed by atoms with Gasteiger partial charge in [0.05, 0.1) is 18.3 Å². The van der Waals surface area contributed by atoms with Crippen molar-refractivity contribution in [1.29, 1.82) is 0 Å². The maximum Gasteiger partial charge on any atom is 0.386 e. The highest BCUT2D eigenvalue weighted by molar-refractivity contribution is 5.66. The van der Waals surface area contributed by atoms with Gasteiger partial charge in [-0.3, -0.25) is 0 Å². The Morgan fingerprint density at radius 1 is 0.875 bits per heavy atom. The summed E-state index contributed by atoms with van der Waals surface area (Å²) >= 11 is 0. The number of alkyl halides is 2. The summed E-state index contributed by atoms with van der Waals surface area (Å²) in [4.78, 5) is 0. The van der Waals surface area contributed by atoms with Crippen LogP contribution in [-0.2, 0) is 10.8 Å². The normalized spacial score (nSPS) is 18.8. The molecule has 0 radical (unpaired) electrons. The molecule has 1 aliphatic carbocycles. The molecule has 0 bridgehead atoms. The van der Waals surface area contributed by atoms with Crippen LogP contribution in [-0.4, -0.2) is 12.7 Å². The molecule has 0 aliphatic heterocycles. The molecule has 0 spiro atoms. The van der Waals surface area contributed by atoms with Crippen molar-refractivity contribution in [1.82, 2.24) is 0 Å². The van der Waals surface area contributed by atoms with E-state index in [-0.39, 0.29) is 12.5 Å². The van der Waals surface area contributed by atoms with E-state index in [4.69, 9.17) is 9.47 Å². The summed E-state index contributed by atoms with van der Waals surface area (Å²) in [5, 5.41) is 0. The minimum Gasteiger partial charge on any atom is -0.491 e. The zero-order chi connectivity index (χ0) is 23.5. The lowest BCUT2D eigenvalue weighted by atomic mass is 9.88. The number of hydrogen-bond acceptors (Lipinski definition) is 2. The standard InChI is InChI=1S/C24H22F6O2/c1-3-5-14-6-8-15(9-7-14)32-24(29,30)18-12-10-16(20(25)22(18)27)17-11-13-19(31-4-2)23(28)21(17)26/h10-15H,4,6-9H2,1-2H3. The average molecular weight is 456 g/mol. The van der Waals surface area contributed by atoms with Crippen LogP contribution < -0.4 is 4.74 Å². The van der Waals surface area contributed by atoms with Gasteiger partial charge in [-0.2, -0.15) is 13.2 Å². The number of halogens is 6. The van der Waals surface area contributed by atoms with Gasteiger partial charge in [0.25, 0.3) is 0 Å². The Labute approximate surface area is 182 Å². The van der Waals surface area contributed by atoms with Crippen LogP contribution in [0, 0.1) is 41.0 Å². The third kappa shape index (κ3) is 4.88. The summed E-state index contributed by atoms with van der Waals surface area (Å²) in [6.07, 6.45) is -3.17. The van der Waals surface area contributed by atoms with E-state index in [2.05, 4.69) is 11.8 Å². The number of ether oxygens (including phenoxy) is 2. The molecule has 8 heteroatoms. The molecular weight excluding hydrogens is 434 g/mol. The first-order valence-electron chi connectivity index (χ1n) is 10.3. The number of hydrogen-bond donors (Lipinski definition) is 0. The lowest BCUT2D eigenvalue weighted by Gasteiger charge is -2.29. The second kappa shape index (κ2) is 9.86. The van der Waals surface area contributed by atoms with Crippen molar-refractivity contribution in [3.8, 4) is 28.7 Å². The van der Waals surface area contributed by atoms with Crippen LogP contribution >= 0.6 is 0 Å². The Morgan fingerprint density at radius 3 is 2.06 bits per heavy atom. The molecule has 0 heterocycles. The molecule has 1 aliphatic rings. The number of rotatable bonds is 6. The molecule has 1 fully saturated rings. The third-order valence-electron chi connectivity index (χ3n) is 5.37. The fraction of sp³-hybridized carbons (Fsp3) is 0.417. The van der Waals surface area contributed by atoms with Crippen LogP contribution in [0.4, 0.5) is 26.3 Å². The Kier molecular flexibility index (Phi) is 7.40. The largest absolute Gasteiger partial charge is 0.491 e. The van der Waals surface area contributed by atoms with E-state index in [0.717, 1.165) is 18.2 Å². The van der Waals surface area contributed by atoms with Gasteiger partial charge in [-0.15, -0.1) is 11.8 Å². The van der Waals surface area contributed by atoms with Gasteiger partial charge in [-0.05, 0) is 57.7 Å². The van der Waals surface area contributed by atoms with Gasteiger partial charge in [-0.1, -0.05) is 6.07 Å². The summed E-state index contributed by atoms with van der Waals surface area (Å²) in [6, 6.07) is 3.44. The minimum atomic E-state index is -4.10. The van der Waals surface area contributed by atoms with E-state index in [1.807, 2.05) is 0 Å². The topological polar surface area (TPSA) is 18.5 Å². The van der Waals surface area contributed by atoms with Crippen LogP contribution in [0.25, 0.3) is 11.1 Å². The maximum atomic E-state index is 14.7. The van der Waals surface area contributed by atoms with Crippen LogP contribution in [0.3, 0.4) is 0 Å². The minimum absolute atomic E-state index is 0.0656. The molecule has 2 aromatic rings. The van der Waals surface area contributed by atoms with Crippen LogP contribution in [0.15, 0.2) is 24.3 Å². The predicted octanol–water partition coefficient (Wildman–Crippen LogP) is 6.96. The van der Waals surface area contributed by atoms with E-state index < -0.39 is 57.9 Å². The SMILES string of the molecule is CC#CC1CCC(OC(F)(F)c2ccc(-c3ccc(OCC)c(F)c3F)c(F)c2F)CC1. The first-order chi connectivity index (χ1) is 15.2. The van der Waals surface area contributed by atoms with Gasteiger partial charge in [0, 0.05) is 17.0 Å². The van der Waals surface area contributed by atoms with Crippen molar-refractivity contribution in [2.45, 2.75) is 51.7 Å². The molecule has 2 nitrogen and oxygen atoms in total. The van der Waals surface area contributed by atoms with Crippen molar-refractivity contribution < 1.29 is 35.8 Å². The predicted molar refractivity (Wildman–Crippen MR) is 107 cm³/mol. The van der Waals surface area contributed by atoms with E-state index in [9.17, 15) is 26.3 Å². The molecular formula is C24H22F6O2. The monoisotopic (exact) mass is 456 g/mol. The van der Waals surface area contributed by atoms with E-state index >= 15 is 0 Å². The molecule has 172 valence electrons. The fourth-order valence-corrected chi connectivity index (χ4v) is 3.79. The first-order valence-corrected chi connectivity index (χ1v) is 10.3. The lowest BCUT2D eigenvalue weighted by Crippen LogP contribution is -2.30. The van der Waals surface area contributed by atoms with Crippen molar-refractivity contribution >= 4 is 0 Å². The molecule has 2 aromatic carbocycles. The highest BCUT2D eigenvalue weighted by Crippen LogP contribution is 2.40. The zero-order valence-electron chi connectivity index (χ0n) is 17.6. The summed E-state index contributed by atoms with van der Waals surface area (Å²) in [5.41, 5.74) is -2.62. The average Bonchev–Trinajstić information content (AvgIpc) is 2.75. The molecule has 1 saturated carbocycles. The number of benzene rings is 2. The van der Waals surface area contributed by atoms with E-state index in [0.29, 0.717) is 31.7 Å². The molecule has 32 heavy (non-hydrogen) atoms. The summed E-state index contributed by atoms with van der Waals surface area (Å²) in [7, 11) is 0. The third-order valence-corrected chi connectivity index (χ3v) is 5.37. The highest BCUT2D eigenvalue weighted by atomic mass is 19.3. The van der Waals surface area contributed by atoms with E-state index in [1.165, 1.54) is 0 Å². The zero-order valence-corrected chi connectivity index (χ0v) is 17.6. The molecule has 0 unspecified atom stereocenters. The summed E-state index contributed by atoms with van der Waals surface area (Å²) < 4.78 is 96.7. The second-order valence-corrected chi connectivity index (χ2v) is 7.46. The summed E-state index contributed by atoms with van der Waals surface area (Å²) in [5.74, 6) is -0.986. The molecule has 0 saturated heterocycles. The molecule has 3 rings (SSSR count). The smallest absolute Gasteiger partial charge is 0.386 e. The van der Waals surface area contributed by atoms with Gasteiger partial charge < -0.3 is 9.47 Å². The van der Waals surface area contributed by atoms with Crippen LogP contribution in [0.2, 0.25) is 0 Å². The van der Waals surface area contributed by atoms with Gasteiger partial charge in [0.2, 0.25) is 5.82 Å². The van der Waals surface area contributed by atoms with Gasteiger partial charge >= 0.3 is 6.11 Å². The second-order valence-electron chi connectivity index (χ2n) is 7.46. The Balaban J connectivity index is 1.85. The quantitative estimate of drug-likeness (QED) is 0.346. The molecule has 0 aromatic heterocycles. The lowest BCUT2D eigenvalue weighted by molar-refractivity contribution is -0.279. The van der Waals surface area contributed by atoms with Gasteiger partial charge in [0.15, 0.2) is 23.2 Å². The van der Waals surface area contributed by atoms with Crippen LogP contribution in [0.1, 0.15) is 45.1 Å². The maximum absolute atomic E-state index is 14.7. The first kappa shape index (κ1) is 24.0. The van der Waals surface area contributed by atoms with E-state index in [1.54, 1.807) is 13.8 Å². The summed E-state index contributed by atoms with van der Waals surface area (Å²) in [6.45, 7) is 3.33. The van der Waals surface area contributed by atoms with Gasteiger partial charge in [-0.25, -0.2) is 13.2 Å². The fourth-order valence-electron chi connectivity index (χ4n) is 3.79. The van der Waals surface area contributed by atoms with Crippen molar-refractivity contribution in [2.24, 2.45) is 5.92 Å².